The quantitative estimate of drug-likeness (QED) is 0.492. The second-order valence-electron chi connectivity index (χ2n) is 7.81. The molecule has 9 heteroatoms. The summed E-state index contributed by atoms with van der Waals surface area (Å²) in [6.45, 7) is 3.20. The van der Waals surface area contributed by atoms with Gasteiger partial charge in [0.1, 0.15) is 11.6 Å². The van der Waals surface area contributed by atoms with E-state index < -0.39 is 10.0 Å². The zero-order valence-electron chi connectivity index (χ0n) is 19.2. The second-order valence-corrected chi connectivity index (χ2v) is 9.96. The van der Waals surface area contributed by atoms with Crippen molar-refractivity contribution in [1.29, 1.82) is 0 Å². The second kappa shape index (κ2) is 9.70. The monoisotopic (exact) mass is 458 g/mol. The molecule has 0 N–H and O–H groups in total. The van der Waals surface area contributed by atoms with Gasteiger partial charge in [-0.25, -0.2) is 17.7 Å². The van der Waals surface area contributed by atoms with E-state index in [1.165, 1.54) is 18.4 Å². The summed E-state index contributed by atoms with van der Waals surface area (Å²) >= 11 is 0. The Morgan fingerprint density at radius 3 is 2.38 bits per heavy atom. The Kier molecular flexibility index (Phi) is 7.20. The van der Waals surface area contributed by atoms with Crippen LogP contribution in [0.15, 0.2) is 47.4 Å². The van der Waals surface area contributed by atoms with Crippen molar-refractivity contribution in [3.05, 3.63) is 53.9 Å². The molecular weight excluding hydrogens is 428 g/mol. The van der Waals surface area contributed by atoms with E-state index in [0.717, 1.165) is 22.7 Å². The Bertz CT molecular complexity index is 1200. The minimum absolute atomic E-state index is 0.0198. The number of aryl methyl sites for hydroxylation is 2. The number of nitrogens with zero attached hydrogens (tertiary/aromatic N) is 4. The van der Waals surface area contributed by atoms with Crippen LogP contribution in [-0.4, -0.2) is 61.3 Å². The fourth-order valence-corrected chi connectivity index (χ4v) is 4.50. The van der Waals surface area contributed by atoms with Crippen LogP contribution in [0.25, 0.3) is 11.0 Å². The van der Waals surface area contributed by atoms with Crippen LogP contribution in [0.3, 0.4) is 0 Å². The molecule has 1 amide bonds. The predicted octanol–water partition coefficient (Wildman–Crippen LogP) is 2.91. The van der Waals surface area contributed by atoms with E-state index in [0.29, 0.717) is 31.4 Å². The molecule has 1 aromatic heterocycles. The fourth-order valence-electron chi connectivity index (χ4n) is 3.58. The van der Waals surface area contributed by atoms with E-state index in [-0.39, 0.29) is 10.8 Å². The largest absolute Gasteiger partial charge is 0.497 e. The highest BCUT2D eigenvalue weighted by Crippen LogP contribution is 2.23. The van der Waals surface area contributed by atoms with Gasteiger partial charge in [-0.15, -0.1) is 0 Å². The Morgan fingerprint density at radius 2 is 1.78 bits per heavy atom. The number of imidazole rings is 1. The average Bonchev–Trinajstić information content (AvgIpc) is 3.14. The maximum atomic E-state index is 12.7. The molecule has 3 rings (SSSR count). The Morgan fingerprint density at radius 1 is 1.09 bits per heavy atom. The molecule has 0 saturated carbocycles. The lowest BCUT2D eigenvalue weighted by Crippen LogP contribution is -2.26. The summed E-state index contributed by atoms with van der Waals surface area (Å²) in [7, 11) is 2.88. The van der Waals surface area contributed by atoms with Crippen LogP contribution in [0.1, 0.15) is 24.7 Å². The van der Waals surface area contributed by atoms with Gasteiger partial charge in [-0.3, -0.25) is 4.79 Å². The predicted molar refractivity (Wildman–Crippen MR) is 124 cm³/mol. The smallest absolute Gasteiger partial charge is 0.242 e. The molecule has 0 atom stereocenters. The zero-order valence-corrected chi connectivity index (χ0v) is 20.0. The van der Waals surface area contributed by atoms with Gasteiger partial charge in [0.15, 0.2) is 0 Å². The molecule has 0 aliphatic heterocycles. The van der Waals surface area contributed by atoms with E-state index in [9.17, 15) is 13.2 Å². The third-order valence-electron chi connectivity index (χ3n) is 5.46. The number of fused-ring (bicyclic) bond motifs is 1. The normalized spacial score (nSPS) is 11.8. The van der Waals surface area contributed by atoms with Crippen molar-refractivity contribution in [1.82, 2.24) is 18.8 Å². The molecule has 0 spiro atoms. The number of rotatable bonds is 9. The molecular formula is C23H30N4O4S. The highest BCUT2D eigenvalue weighted by Gasteiger charge is 2.20. The van der Waals surface area contributed by atoms with Gasteiger partial charge >= 0.3 is 0 Å². The molecule has 0 unspecified atom stereocenters. The van der Waals surface area contributed by atoms with Gasteiger partial charge < -0.3 is 14.2 Å². The number of aromatic nitrogens is 2. The topological polar surface area (TPSA) is 84.7 Å². The Labute approximate surface area is 189 Å². The average molecular weight is 459 g/mol. The summed E-state index contributed by atoms with van der Waals surface area (Å²) in [5.74, 6) is 1.57. The maximum absolute atomic E-state index is 12.7. The number of ether oxygens (including phenoxy) is 1. The number of hydrogen-bond donors (Lipinski definition) is 0. The van der Waals surface area contributed by atoms with Crippen LogP contribution >= 0.6 is 0 Å². The van der Waals surface area contributed by atoms with Crippen LogP contribution in [0, 0.1) is 0 Å². The van der Waals surface area contributed by atoms with Crippen LogP contribution in [-0.2, 0) is 34.3 Å². The van der Waals surface area contributed by atoms with Crippen molar-refractivity contribution >= 4 is 27.0 Å². The van der Waals surface area contributed by atoms with Crippen molar-refractivity contribution in [2.24, 2.45) is 0 Å². The maximum Gasteiger partial charge on any atom is 0.242 e. The summed E-state index contributed by atoms with van der Waals surface area (Å²) in [4.78, 5) is 19.2. The third kappa shape index (κ3) is 4.94. The number of hydrogen-bond acceptors (Lipinski definition) is 5. The zero-order chi connectivity index (χ0) is 23.5. The number of sulfonamides is 1. The first-order valence-corrected chi connectivity index (χ1v) is 11.9. The van der Waals surface area contributed by atoms with E-state index in [1.54, 1.807) is 37.3 Å². The molecule has 2 aromatic carbocycles. The SMILES string of the molecule is CCn1c(CCC(=O)N(C)Cc2ccc(OC)cc2)nc2cc(S(=O)(=O)N(C)C)ccc21. The highest BCUT2D eigenvalue weighted by atomic mass is 32.2. The molecule has 0 aliphatic carbocycles. The van der Waals surface area contributed by atoms with Gasteiger partial charge in [0.2, 0.25) is 15.9 Å². The van der Waals surface area contributed by atoms with Gasteiger partial charge in [-0.1, -0.05) is 12.1 Å². The molecule has 3 aromatic rings. The van der Waals surface area contributed by atoms with Crippen molar-refractivity contribution < 1.29 is 17.9 Å². The molecule has 0 bridgehead atoms. The Balaban J connectivity index is 1.73. The van der Waals surface area contributed by atoms with Crippen molar-refractivity contribution in [2.75, 3.05) is 28.3 Å². The van der Waals surface area contributed by atoms with Crippen LogP contribution in [0.5, 0.6) is 5.75 Å². The lowest BCUT2D eigenvalue weighted by molar-refractivity contribution is -0.130. The van der Waals surface area contributed by atoms with Crippen molar-refractivity contribution in [3.63, 3.8) is 0 Å². The molecule has 0 saturated heterocycles. The van der Waals surface area contributed by atoms with Gasteiger partial charge in [-0.2, -0.15) is 0 Å². The number of benzene rings is 2. The van der Waals surface area contributed by atoms with Crippen molar-refractivity contribution in [3.8, 4) is 5.75 Å². The molecule has 32 heavy (non-hydrogen) atoms. The van der Waals surface area contributed by atoms with Crippen LogP contribution < -0.4 is 4.74 Å². The van der Waals surface area contributed by atoms with Crippen molar-refractivity contribution in [2.45, 2.75) is 37.8 Å². The summed E-state index contributed by atoms with van der Waals surface area (Å²) in [5.41, 5.74) is 2.50. The summed E-state index contributed by atoms with van der Waals surface area (Å²) in [6, 6.07) is 12.6. The molecule has 1 heterocycles. The molecule has 0 aliphatic rings. The summed E-state index contributed by atoms with van der Waals surface area (Å²) in [5, 5.41) is 0. The van der Waals surface area contributed by atoms with Crippen LogP contribution in [0.2, 0.25) is 0 Å². The fraction of sp³-hybridized carbons (Fsp3) is 0.391. The molecule has 0 fully saturated rings. The first kappa shape index (κ1) is 23.7. The van der Waals surface area contributed by atoms with E-state index in [1.807, 2.05) is 35.8 Å². The summed E-state index contributed by atoms with van der Waals surface area (Å²) < 4.78 is 33.3. The van der Waals surface area contributed by atoms with Gasteiger partial charge in [0.25, 0.3) is 0 Å². The third-order valence-corrected chi connectivity index (χ3v) is 7.27. The minimum Gasteiger partial charge on any atom is -0.497 e. The van der Waals surface area contributed by atoms with E-state index in [2.05, 4.69) is 4.98 Å². The number of carbonyl (C=O) groups excluding carboxylic acids is 1. The van der Waals surface area contributed by atoms with E-state index in [4.69, 9.17) is 4.74 Å². The highest BCUT2D eigenvalue weighted by molar-refractivity contribution is 7.89. The van der Waals surface area contributed by atoms with Gasteiger partial charge in [0.05, 0.1) is 23.0 Å². The lowest BCUT2D eigenvalue weighted by Gasteiger charge is -2.17. The number of amides is 1. The van der Waals surface area contributed by atoms with Gasteiger partial charge in [0, 0.05) is 47.1 Å². The van der Waals surface area contributed by atoms with E-state index >= 15 is 0 Å². The summed E-state index contributed by atoms with van der Waals surface area (Å²) in [6.07, 6.45) is 0.795. The first-order valence-electron chi connectivity index (χ1n) is 10.5. The molecule has 8 nitrogen and oxygen atoms in total. The minimum atomic E-state index is -3.53. The van der Waals surface area contributed by atoms with Crippen LogP contribution in [0.4, 0.5) is 0 Å². The van der Waals surface area contributed by atoms with Gasteiger partial charge in [-0.05, 0) is 42.8 Å². The Hall–Kier alpha value is -2.91. The first-order chi connectivity index (χ1) is 15.2. The number of methoxy groups -OCH3 is 1. The number of carbonyl (C=O) groups is 1. The molecule has 0 radical (unpaired) electrons. The standard InChI is InChI=1S/C23H30N4O4S/c1-6-27-21-12-11-19(32(29,30)25(2)3)15-20(21)24-22(27)13-14-23(28)26(4)16-17-7-9-18(31-5)10-8-17/h7-12,15H,6,13-14,16H2,1-5H3. The molecule has 172 valence electrons. The lowest BCUT2D eigenvalue weighted by atomic mass is 10.2.